The number of hydrogen-bond donors (Lipinski definition) is 1. The largest absolute Gasteiger partial charge is 0.339 e. The molecule has 2 aromatic heterocycles. The first-order chi connectivity index (χ1) is 15.7. The molecule has 1 fully saturated rings. The molecule has 0 radical (unpaired) electrons. The van der Waals surface area contributed by atoms with E-state index in [1.165, 1.54) is 16.9 Å². The molecular formula is C26H29N3O2S. The molecule has 1 aliphatic heterocycles. The summed E-state index contributed by atoms with van der Waals surface area (Å²) < 4.78 is 0. The van der Waals surface area contributed by atoms with Gasteiger partial charge in [-0.25, -0.2) is 0 Å². The molecule has 2 amide bonds. The Morgan fingerprint density at radius 3 is 2.62 bits per heavy atom. The number of thiophene rings is 1. The van der Waals surface area contributed by atoms with Gasteiger partial charge in [-0.15, -0.1) is 11.3 Å². The number of rotatable bonds is 7. The minimum absolute atomic E-state index is 0.00597. The van der Waals surface area contributed by atoms with Crippen molar-refractivity contribution in [1.82, 2.24) is 15.2 Å². The molecule has 0 spiro atoms. The molecule has 0 aliphatic carbocycles. The number of benzene rings is 1. The molecule has 32 heavy (non-hydrogen) atoms. The average molecular weight is 448 g/mol. The quantitative estimate of drug-likeness (QED) is 0.566. The number of carbonyl (C=O) groups is 2. The second kappa shape index (κ2) is 10.6. The lowest BCUT2D eigenvalue weighted by molar-refractivity contribution is -0.137. The average Bonchev–Trinajstić information content (AvgIpc) is 3.39. The van der Waals surface area contributed by atoms with Crippen LogP contribution in [-0.4, -0.2) is 34.3 Å². The van der Waals surface area contributed by atoms with Gasteiger partial charge in [0, 0.05) is 25.4 Å². The van der Waals surface area contributed by atoms with Crippen molar-refractivity contribution in [2.45, 2.75) is 51.1 Å². The third-order valence-electron chi connectivity index (χ3n) is 6.07. The van der Waals surface area contributed by atoms with Crippen LogP contribution in [0.5, 0.6) is 0 Å². The summed E-state index contributed by atoms with van der Waals surface area (Å²) in [6, 6.07) is 15.3. The number of aryl methyl sites for hydroxylation is 1. The third kappa shape index (κ3) is 5.25. The van der Waals surface area contributed by atoms with Crippen LogP contribution in [0.25, 0.3) is 0 Å². The van der Waals surface area contributed by atoms with Crippen molar-refractivity contribution in [2.24, 2.45) is 0 Å². The van der Waals surface area contributed by atoms with Gasteiger partial charge in [0.2, 0.25) is 5.91 Å². The minimum atomic E-state index is -0.616. The van der Waals surface area contributed by atoms with E-state index >= 15 is 0 Å². The molecule has 1 N–H and O–H groups in total. The molecule has 0 bridgehead atoms. The van der Waals surface area contributed by atoms with Crippen LogP contribution in [0.4, 0.5) is 0 Å². The monoisotopic (exact) mass is 447 g/mol. The maximum Gasteiger partial charge on any atom is 0.262 e. The maximum absolute atomic E-state index is 13.8. The molecule has 0 saturated carbocycles. The number of pyridine rings is 1. The van der Waals surface area contributed by atoms with E-state index in [1.807, 2.05) is 34.7 Å². The molecule has 1 aromatic carbocycles. The highest BCUT2D eigenvalue weighted by Gasteiger charge is 2.33. The highest BCUT2D eigenvalue weighted by Crippen LogP contribution is 2.31. The van der Waals surface area contributed by atoms with Crippen LogP contribution in [0.1, 0.15) is 58.6 Å². The van der Waals surface area contributed by atoms with Gasteiger partial charge in [-0.05, 0) is 59.9 Å². The van der Waals surface area contributed by atoms with Gasteiger partial charge in [-0.3, -0.25) is 14.6 Å². The summed E-state index contributed by atoms with van der Waals surface area (Å²) in [6.07, 6.45) is 8.00. The third-order valence-corrected chi connectivity index (χ3v) is 6.94. The van der Waals surface area contributed by atoms with Crippen LogP contribution in [0, 0.1) is 0 Å². The fraction of sp³-hybridized carbons (Fsp3) is 0.346. The maximum atomic E-state index is 13.8. The van der Waals surface area contributed by atoms with E-state index in [0.29, 0.717) is 17.8 Å². The molecule has 166 valence electrons. The Kier molecular flexibility index (Phi) is 7.32. The highest BCUT2D eigenvalue weighted by molar-refractivity contribution is 7.12. The predicted molar refractivity (Wildman–Crippen MR) is 128 cm³/mol. The molecule has 0 unspecified atom stereocenters. The normalized spacial score (nSPS) is 17.0. The van der Waals surface area contributed by atoms with Crippen molar-refractivity contribution in [2.75, 3.05) is 6.54 Å². The first-order valence-corrected chi connectivity index (χ1v) is 12.2. The molecule has 3 aromatic rings. The van der Waals surface area contributed by atoms with Crippen molar-refractivity contribution in [1.29, 1.82) is 0 Å². The van der Waals surface area contributed by atoms with Crippen LogP contribution in [0.2, 0.25) is 0 Å². The van der Waals surface area contributed by atoms with Gasteiger partial charge in [-0.2, -0.15) is 0 Å². The van der Waals surface area contributed by atoms with Gasteiger partial charge in [0.1, 0.15) is 6.04 Å². The number of nitrogens with zero attached hydrogens (tertiary/aromatic N) is 2. The van der Waals surface area contributed by atoms with Crippen molar-refractivity contribution >= 4 is 23.2 Å². The highest BCUT2D eigenvalue weighted by atomic mass is 32.1. The Morgan fingerprint density at radius 2 is 1.94 bits per heavy atom. The van der Waals surface area contributed by atoms with E-state index in [9.17, 15) is 9.59 Å². The number of hydrogen-bond acceptors (Lipinski definition) is 4. The van der Waals surface area contributed by atoms with Crippen LogP contribution >= 0.6 is 11.3 Å². The SMILES string of the molecule is CCc1ccc(C[C@H](NC(=O)c2cccs2)C(=O)N2CCCC[C@@H]2c2cccnc2)cc1. The summed E-state index contributed by atoms with van der Waals surface area (Å²) in [7, 11) is 0. The zero-order valence-electron chi connectivity index (χ0n) is 18.4. The van der Waals surface area contributed by atoms with Crippen molar-refractivity contribution in [3.05, 3.63) is 87.9 Å². The number of aromatic nitrogens is 1. The molecule has 3 heterocycles. The molecular weight excluding hydrogens is 418 g/mol. The fourth-order valence-corrected chi connectivity index (χ4v) is 4.93. The molecule has 6 heteroatoms. The Labute approximate surface area is 193 Å². The standard InChI is InChI=1S/C26H29N3O2S/c1-2-19-10-12-20(13-11-19)17-22(28-25(30)24-9-6-16-32-24)26(31)29-15-4-3-8-23(29)21-7-5-14-27-18-21/h5-7,9-14,16,18,22-23H,2-4,8,15,17H2,1H3,(H,28,30)/t22-,23+/m0/s1. The van der Waals surface area contributed by atoms with Gasteiger partial charge < -0.3 is 10.2 Å². The van der Waals surface area contributed by atoms with E-state index < -0.39 is 6.04 Å². The zero-order valence-corrected chi connectivity index (χ0v) is 19.2. The summed E-state index contributed by atoms with van der Waals surface area (Å²) in [5.74, 6) is -0.221. The van der Waals surface area contributed by atoms with E-state index in [0.717, 1.165) is 36.8 Å². The predicted octanol–water partition coefficient (Wildman–Crippen LogP) is 4.80. The lowest BCUT2D eigenvalue weighted by Crippen LogP contribution is -2.51. The van der Waals surface area contributed by atoms with Gasteiger partial charge in [-0.1, -0.05) is 43.3 Å². The van der Waals surface area contributed by atoms with Crippen LogP contribution in [-0.2, 0) is 17.6 Å². The summed E-state index contributed by atoms with van der Waals surface area (Å²) in [4.78, 5) is 33.5. The Morgan fingerprint density at radius 1 is 1.12 bits per heavy atom. The summed E-state index contributed by atoms with van der Waals surface area (Å²) >= 11 is 1.38. The van der Waals surface area contributed by atoms with Crippen LogP contribution < -0.4 is 5.32 Å². The molecule has 5 nitrogen and oxygen atoms in total. The van der Waals surface area contributed by atoms with E-state index in [2.05, 4.69) is 41.5 Å². The Hall–Kier alpha value is -2.99. The lowest BCUT2D eigenvalue weighted by Gasteiger charge is -2.38. The lowest BCUT2D eigenvalue weighted by atomic mass is 9.94. The van der Waals surface area contributed by atoms with Crippen LogP contribution in [0.3, 0.4) is 0 Å². The summed E-state index contributed by atoms with van der Waals surface area (Å²) in [5.41, 5.74) is 3.35. The first-order valence-electron chi connectivity index (χ1n) is 11.3. The zero-order chi connectivity index (χ0) is 22.3. The number of nitrogens with one attached hydrogen (secondary N) is 1. The molecule has 4 rings (SSSR count). The summed E-state index contributed by atoms with van der Waals surface area (Å²) in [5, 5.41) is 4.90. The van der Waals surface area contributed by atoms with Gasteiger partial charge >= 0.3 is 0 Å². The number of likely N-dealkylation sites (tertiary alicyclic amines) is 1. The van der Waals surface area contributed by atoms with Gasteiger partial charge in [0.25, 0.3) is 5.91 Å². The molecule has 2 atom stereocenters. The summed E-state index contributed by atoms with van der Waals surface area (Å²) in [6.45, 7) is 2.82. The minimum Gasteiger partial charge on any atom is -0.339 e. The van der Waals surface area contributed by atoms with Gasteiger partial charge in [0.05, 0.1) is 10.9 Å². The Balaban J connectivity index is 1.59. The smallest absolute Gasteiger partial charge is 0.262 e. The fourth-order valence-electron chi connectivity index (χ4n) is 4.30. The number of piperidine rings is 1. The van der Waals surface area contributed by atoms with E-state index in [4.69, 9.17) is 0 Å². The first kappa shape index (κ1) is 22.2. The number of amides is 2. The second-order valence-electron chi connectivity index (χ2n) is 8.21. The van der Waals surface area contributed by atoms with Crippen molar-refractivity contribution in [3.8, 4) is 0 Å². The van der Waals surface area contributed by atoms with Crippen molar-refractivity contribution in [3.63, 3.8) is 0 Å². The van der Waals surface area contributed by atoms with Crippen LogP contribution in [0.15, 0.2) is 66.3 Å². The van der Waals surface area contributed by atoms with E-state index in [1.54, 1.807) is 12.3 Å². The number of carbonyl (C=O) groups excluding carboxylic acids is 2. The molecule has 1 aliphatic rings. The Bertz CT molecular complexity index is 1020. The van der Waals surface area contributed by atoms with E-state index in [-0.39, 0.29) is 17.9 Å². The van der Waals surface area contributed by atoms with Gasteiger partial charge in [0.15, 0.2) is 0 Å². The second-order valence-corrected chi connectivity index (χ2v) is 9.15. The molecule has 1 saturated heterocycles. The van der Waals surface area contributed by atoms with Crippen molar-refractivity contribution < 1.29 is 9.59 Å². The topological polar surface area (TPSA) is 62.3 Å².